The number of aryl methyl sites for hydroxylation is 2. The lowest BCUT2D eigenvalue weighted by molar-refractivity contribution is -0.112. The molecule has 2 N–H and O–H groups in total. The van der Waals surface area contributed by atoms with Gasteiger partial charge >= 0.3 is 0 Å². The molecule has 3 aromatic rings. The number of nitrogens with two attached hydrogens (primary N) is 1. The van der Waals surface area contributed by atoms with Crippen LogP contribution >= 0.6 is 27.3 Å². The molecule has 1 heterocycles. The topological polar surface area (TPSA) is 88.9 Å². The monoisotopic (exact) mass is 453 g/mol. The van der Waals surface area contributed by atoms with Crippen molar-refractivity contribution in [1.29, 1.82) is 5.26 Å². The Hall–Kier alpha value is -2.95. The van der Waals surface area contributed by atoms with Crippen LogP contribution in [0.15, 0.2) is 51.7 Å². The Morgan fingerprint density at radius 3 is 2.39 bits per heavy atom. The number of hydrogen-bond acceptors (Lipinski definition) is 4. The van der Waals surface area contributed by atoms with Gasteiger partial charge in [0.05, 0.1) is 10.2 Å². The normalized spacial score (nSPS) is 12.6. The number of para-hydroxylation sites is 1. The van der Waals surface area contributed by atoms with Gasteiger partial charge in [-0.1, -0.05) is 52.3 Å². The van der Waals surface area contributed by atoms with E-state index >= 15 is 0 Å². The van der Waals surface area contributed by atoms with E-state index in [0.717, 1.165) is 32.5 Å². The SMILES string of the molecule is Cc1cccc(C)c1-n1c(=O)/c(=C/c2ccccc2Br)s/c1=C(/C#N)C(N)=O. The lowest BCUT2D eigenvalue weighted by Crippen LogP contribution is -2.33. The van der Waals surface area contributed by atoms with E-state index < -0.39 is 5.91 Å². The molecule has 1 aromatic heterocycles. The maximum absolute atomic E-state index is 13.3. The minimum Gasteiger partial charge on any atom is -0.365 e. The summed E-state index contributed by atoms with van der Waals surface area (Å²) in [6.07, 6.45) is 1.74. The van der Waals surface area contributed by atoms with Gasteiger partial charge in [-0.2, -0.15) is 5.26 Å². The van der Waals surface area contributed by atoms with E-state index in [1.165, 1.54) is 4.57 Å². The van der Waals surface area contributed by atoms with Crippen molar-refractivity contribution in [3.8, 4) is 11.8 Å². The molecule has 3 rings (SSSR count). The van der Waals surface area contributed by atoms with Gasteiger partial charge in [-0.15, -0.1) is 11.3 Å². The van der Waals surface area contributed by atoms with Crippen LogP contribution in [0.1, 0.15) is 16.7 Å². The molecule has 7 heteroatoms. The first-order chi connectivity index (χ1) is 13.3. The van der Waals surface area contributed by atoms with E-state index in [9.17, 15) is 14.9 Å². The summed E-state index contributed by atoms with van der Waals surface area (Å²) in [4.78, 5) is 25.2. The molecular weight excluding hydrogens is 438 g/mol. The first-order valence-corrected chi connectivity index (χ1v) is 9.95. The van der Waals surface area contributed by atoms with Gasteiger partial charge in [0.15, 0.2) is 5.57 Å². The third kappa shape index (κ3) is 3.57. The van der Waals surface area contributed by atoms with E-state index in [1.807, 2.05) is 62.4 Å². The van der Waals surface area contributed by atoms with Crippen molar-refractivity contribution in [2.75, 3.05) is 0 Å². The zero-order valence-electron chi connectivity index (χ0n) is 15.2. The molecule has 0 aliphatic carbocycles. The summed E-state index contributed by atoms with van der Waals surface area (Å²) in [6, 6.07) is 15.0. The molecule has 0 saturated heterocycles. The van der Waals surface area contributed by atoms with Crippen LogP contribution in [0.3, 0.4) is 0 Å². The van der Waals surface area contributed by atoms with E-state index in [4.69, 9.17) is 5.73 Å². The van der Waals surface area contributed by atoms with Gasteiger partial charge in [-0.25, -0.2) is 0 Å². The molecule has 0 aliphatic heterocycles. The maximum Gasteiger partial charge on any atom is 0.273 e. The number of hydrogen-bond donors (Lipinski definition) is 1. The molecule has 0 radical (unpaired) electrons. The molecular formula is C21H16BrN3O2S. The molecule has 0 aliphatic rings. The van der Waals surface area contributed by atoms with E-state index in [0.29, 0.717) is 10.2 Å². The lowest BCUT2D eigenvalue weighted by Gasteiger charge is -2.10. The number of nitriles is 1. The van der Waals surface area contributed by atoms with Crippen LogP contribution in [0.25, 0.3) is 17.3 Å². The van der Waals surface area contributed by atoms with Crippen molar-refractivity contribution < 1.29 is 4.79 Å². The fraction of sp³-hybridized carbons (Fsp3) is 0.0952. The zero-order valence-corrected chi connectivity index (χ0v) is 17.6. The highest BCUT2D eigenvalue weighted by Gasteiger charge is 2.17. The number of carbonyl (C=O) groups excluding carboxylic acids is 1. The van der Waals surface area contributed by atoms with E-state index in [2.05, 4.69) is 15.9 Å². The van der Waals surface area contributed by atoms with Crippen molar-refractivity contribution in [2.24, 2.45) is 5.73 Å². The Labute approximate surface area is 173 Å². The van der Waals surface area contributed by atoms with Crippen LogP contribution in [-0.2, 0) is 4.79 Å². The molecule has 0 bridgehead atoms. The molecule has 1 amide bonds. The van der Waals surface area contributed by atoms with Gasteiger partial charge in [-0.3, -0.25) is 14.2 Å². The molecule has 28 heavy (non-hydrogen) atoms. The van der Waals surface area contributed by atoms with Gasteiger partial charge in [0.1, 0.15) is 10.7 Å². The third-order valence-electron chi connectivity index (χ3n) is 4.25. The average molecular weight is 454 g/mol. The predicted molar refractivity (Wildman–Crippen MR) is 115 cm³/mol. The summed E-state index contributed by atoms with van der Waals surface area (Å²) in [7, 11) is 0. The smallest absolute Gasteiger partial charge is 0.273 e. The molecule has 140 valence electrons. The Morgan fingerprint density at radius 2 is 1.82 bits per heavy atom. The Balaban J connectivity index is 2.52. The first kappa shape index (κ1) is 19.8. The fourth-order valence-electron chi connectivity index (χ4n) is 2.95. The number of thiazole rings is 1. The van der Waals surface area contributed by atoms with E-state index in [1.54, 1.807) is 6.08 Å². The number of rotatable bonds is 3. The Bertz CT molecular complexity index is 1290. The van der Waals surface area contributed by atoms with Gasteiger partial charge < -0.3 is 5.73 Å². The van der Waals surface area contributed by atoms with Crippen molar-refractivity contribution in [3.63, 3.8) is 0 Å². The number of aromatic nitrogens is 1. The molecule has 0 spiro atoms. The second kappa shape index (κ2) is 7.97. The summed E-state index contributed by atoms with van der Waals surface area (Å²) < 4.78 is 2.89. The van der Waals surface area contributed by atoms with Crippen LogP contribution in [0.5, 0.6) is 0 Å². The summed E-state index contributed by atoms with van der Waals surface area (Å²) >= 11 is 4.55. The highest BCUT2D eigenvalue weighted by Crippen LogP contribution is 2.17. The highest BCUT2D eigenvalue weighted by molar-refractivity contribution is 9.10. The highest BCUT2D eigenvalue weighted by atomic mass is 79.9. The summed E-state index contributed by atoms with van der Waals surface area (Å²) in [5.74, 6) is -0.865. The minimum atomic E-state index is -0.865. The Morgan fingerprint density at radius 1 is 1.18 bits per heavy atom. The molecule has 2 aromatic carbocycles. The molecule has 0 atom stereocenters. The van der Waals surface area contributed by atoms with Gasteiger partial charge in [0.2, 0.25) is 0 Å². The van der Waals surface area contributed by atoms with Gasteiger partial charge in [0.25, 0.3) is 11.5 Å². The third-order valence-corrected chi connectivity index (χ3v) is 6.07. The van der Waals surface area contributed by atoms with Crippen LogP contribution in [0.4, 0.5) is 0 Å². The Kier molecular flexibility index (Phi) is 5.63. The number of halogens is 1. The summed E-state index contributed by atoms with van der Waals surface area (Å²) in [6.45, 7) is 3.76. The van der Waals surface area contributed by atoms with Crippen molar-refractivity contribution >= 4 is 44.8 Å². The van der Waals surface area contributed by atoms with Crippen LogP contribution in [-0.4, -0.2) is 10.5 Å². The van der Waals surface area contributed by atoms with Crippen LogP contribution < -0.4 is 20.5 Å². The molecule has 0 fully saturated rings. The molecule has 0 unspecified atom stereocenters. The van der Waals surface area contributed by atoms with Crippen LogP contribution in [0, 0.1) is 25.2 Å². The van der Waals surface area contributed by atoms with Gasteiger partial charge in [-0.05, 0) is 42.7 Å². The summed E-state index contributed by atoms with van der Waals surface area (Å²) in [5, 5.41) is 9.48. The van der Waals surface area contributed by atoms with Crippen molar-refractivity contribution in [2.45, 2.75) is 13.8 Å². The van der Waals surface area contributed by atoms with E-state index in [-0.39, 0.29) is 15.8 Å². The molecule has 5 nitrogen and oxygen atoms in total. The zero-order chi connectivity index (χ0) is 20.4. The number of primary amides is 1. The second-order valence-corrected chi connectivity index (χ2v) is 8.05. The van der Waals surface area contributed by atoms with Crippen molar-refractivity contribution in [3.05, 3.63) is 83.2 Å². The van der Waals surface area contributed by atoms with Crippen molar-refractivity contribution in [1.82, 2.24) is 4.57 Å². The molecule has 0 saturated carbocycles. The number of carbonyl (C=O) groups is 1. The number of amides is 1. The van der Waals surface area contributed by atoms with Crippen LogP contribution in [0.2, 0.25) is 0 Å². The number of benzene rings is 2. The average Bonchev–Trinajstić information content (AvgIpc) is 2.94. The number of nitrogens with zero attached hydrogens (tertiary/aromatic N) is 2. The quantitative estimate of drug-likeness (QED) is 0.659. The lowest BCUT2D eigenvalue weighted by atomic mass is 10.1. The van der Waals surface area contributed by atoms with Gasteiger partial charge in [0, 0.05) is 4.47 Å². The second-order valence-electron chi connectivity index (χ2n) is 6.17. The first-order valence-electron chi connectivity index (χ1n) is 8.34. The summed E-state index contributed by atoms with van der Waals surface area (Å²) in [5.41, 5.74) is 8.05. The minimum absolute atomic E-state index is 0.232. The fourth-order valence-corrected chi connectivity index (χ4v) is 4.44. The predicted octanol–water partition coefficient (Wildman–Crippen LogP) is 2.27. The standard InChI is InChI=1S/C21H16BrN3O2S/c1-12-6-5-7-13(2)18(12)25-20(27)17(10-14-8-3-4-9-16(14)22)28-21(25)15(11-23)19(24)26/h3-10H,1-2H3,(H2,24,26)/b17-10-,21-15-. The largest absolute Gasteiger partial charge is 0.365 e. The maximum atomic E-state index is 13.3.